The Balaban J connectivity index is 0.000000177. The first-order chi connectivity index (χ1) is 28.0. The van der Waals surface area contributed by atoms with Crippen molar-refractivity contribution in [3.05, 3.63) is 142 Å². The molecular weight excluding hydrogens is 751 g/mol. The number of aliphatic hydroxyl groups excluding tert-OH is 2. The van der Waals surface area contributed by atoms with Crippen LogP contribution in [0.1, 0.15) is 88.8 Å². The van der Waals surface area contributed by atoms with E-state index in [9.17, 15) is 37.4 Å². The maximum absolute atomic E-state index is 14.6. The van der Waals surface area contributed by atoms with Gasteiger partial charge in [-0.15, -0.1) is 0 Å². The zero-order chi connectivity index (χ0) is 40.9. The maximum Gasteiger partial charge on any atom is 0.253 e. The smallest absolute Gasteiger partial charge is 0.253 e. The van der Waals surface area contributed by atoms with Crippen molar-refractivity contribution < 1.29 is 37.4 Å². The van der Waals surface area contributed by atoms with Gasteiger partial charge in [0.1, 0.15) is 11.6 Å². The summed E-state index contributed by atoms with van der Waals surface area (Å²) in [5.74, 6) is -3.74. The monoisotopic (exact) mass is 793 g/mol. The molecule has 0 aliphatic heterocycles. The first kappa shape index (κ1) is 40.2. The second kappa shape index (κ2) is 17.7. The van der Waals surface area contributed by atoms with Crippen LogP contribution in [0.15, 0.2) is 91.3 Å². The largest absolute Gasteiger partial charge is 0.391 e. The Morgan fingerprint density at radius 2 is 1.10 bits per heavy atom. The van der Waals surface area contributed by atoms with Crippen LogP contribution in [0, 0.1) is 34.6 Å². The van der Waals surface area contributed by atoms with E-state index >= 15 is 0 Å². The fourth-order valence-corrected chi connectivity index (χ4v) is 8.05. The van der Waals surface area contributed by atoms with Gasteiger partial charge in [0.15, 0.2) is 11.6 Å². The van der Waals surface area contributed by atoms with Crippen LogP contribution in [-0.4, -0.2) is 55.5 Å². The highest BCUT2D eigenvalue weighted by Crippen LogP contribution is 2.29. The summed E-state index contributed by atoms with van der Waals surface area (Å²) in [5.41, 5.74) is 3.42. The molecule has 0 saturated heterocycles. The lowest BCUT2D eigenvalue weighted by molar-refractivity contribution is 0.0716. The molecule has 2 fully saturated rings. The van der Waals surface area contributed by atoms with Crippen molar-refractivity contribution in [3.63, 3.8) is 0 Å². The number of carbonyl (C=O) groups excluding carboxylic acids is 2. The van der Waals surface area contributed by atoms with Crippen molar-refractivity contribution in [2.75, 3.05) is 0 Å². The molecule has 2 amide bonds. The zero-order valence-electron chi connectivity index (χ0n) is 31.6. The summed E-state index contributed by atoms with van der Waals surface area (Å²) in [4.78, 5) is 25.8. The number of amides is 2. The van der Waals surface area contributed by atoms with E-state index in [4.69, 9.17) is 5.26 Å². The molecule has 4 N–H and O–H groups in total. The Kier molecular flexibility index (Phi) is 12.3. The number of rotatable bonds is 8. The maximum atomic E-state index is 14.6. The Morgan fingerprint density at radius 1 is 0.621 bits per heavy atom. The molecule has 58 heavy (non-hydrogen) atoms. The fourth-order valence-electron chi connectivity index (χ4n) is 8.05. The number of hydrogen-bond donors (Lipinski definition) is 4. The zero-order valence-corrected chi connectivity index (χ0v) is 31.6. The van der Waals surface area contributed by atoms with Gasteiger partial charge in [-0.2, -0.15) is 5.26 Å². The number of hydrogen-bond acceptors (Lipinski definition) is 5. The van der Waals surface area contributed by atoms with Crippen LogP contribution >= 0.6 is 0 Å². The molecular formula is C45H43F4N5O4. The van der Waals surface area contributed by atoms with E-state index in [0.29, 0.717) is 48.0 Å². The molecule has 2 heterocycles. The average molecular weight is 794 g/mol. The lowest BCUT2D eigenvalue weighted by Crippen LogP contribution is -2.45. The van der Waals surface area contributed by atoms with E-state index in [1.54, 1.807) is 47.2 Å². The summed E-state index contributed by atoms with van der Waals surface area (Å²) in [6, 6.07) is 21.4. The third-order valence-corrected chi connectivity index (χ3v) is 11.0. The van der Waals surface area contributed by atoms with Gasteiger partial charge < -0.3 is 30.0 Å². The highest BCUT2D eigenvalue weighted by Gasteiger charge is 2.28. The number of nitriles is 1. The van der Waals surface area contributed by atoms with Crippen LogP contribution in [0.4, 0.5) is 17.6 Å². The van der Waals surface area contributed by atoms with Crippen LogP contribution in [0.2, 0.25) is 0 Å². The van der Waals surface area contributed by atoms with E-state index in [0.717, 1.165) is 49.8 Å². The van der Waals surface area contributed by atoms with E-state index in [-0.39, 0.29) is 46.4 Å². The number of nitrogens with one attached hydrogen (secondary N) is 2. The molecule has 2 saturated carbocycles. The topological polar surface area (TPSA) is 132 Å². The molecule has 300 valence electrons. The van der Waals surface area contributed by atoms with Gasteiger partial charge in [0.25, 0.3) is 11.8 Å². The Morgan fingerprint density at radius 3 is 1.59 bits per heavy atom. The van der Waals surface area contributed by atoms with Crippen molar-refractivity contribution in [2.24, 2.45) is 0 Å². The minimum Gasteiger partial charge on any atom is -0.391 e. The number of benzene rings is 4. The number of halogens is 4. The first-order valence-corrected chi connectivity index (χ1v) is 19.5. The molecule has 4 atom stereocenters. The van der Waals surface area contributed by atoms with Gasteiger partial charge >= 0.3 is 0 Å². The van der Waals surface area contributed by atoms with Crippen molar-refractivity contribution in [1.29, 1.82) is 5.26 Å². The molecule has 2 aliphatic rings. The minimum atomic E-state index is -0.964. The first-order valence-electron chi connectivity index (χ1n) is 19.5. The number of aromatic nitrogens is 2. The van der Waals surface area contributed by atoms with Gasteiger partial charge in [0.05, 0.1) is 58.1 Å². The summed E-state index contributed by atoms with van der Waals surface area (Å²) >= 11 is 0. The third-order valence-electron chi connectivity index (χ3n) is 11.0. The molecule has 0 unspecified atom stereocenters. The predicted molar refractivity (Wildman–Crippen MR) is 211 cm³/mol. The van der Waals surface area contributed by atoms with Crippen LogP contribution < -0.4 is 10.6 Å². The van der Waals surface area contributed by atoms with E-state index in [1.807, 2.05) is 10.6 Å². The lowest BCUT2D eigenvalue weighted by Gasteiger charge is -2.28. The normalized spacial score (nSPS) is 19.3. The van der Waals surface area contributed by atoms with Crippen LogP contribution in [-0.2, 0) is 13.1 Å². The molecule has 13 heteroatoms. The molecule has 8 rings (SSSR count). The van der Waals surface area contributed by atoms with E-state index in [2.05, 4.69) is 16.7 Å². The highest BCUT2D eigenvalue weighted by atomic mass is 19.2. The van der Waals surface area contributed by atoms with Crippen molar-refractivity contribution in [3.8, 4) is 6.07 Å². The van der Waals surface area contributed by atoms with Gasteiger partial charge in [-0.25, -0.2) is 17.6 Å². The van der Waals surface area contributed by atoms with Gasteiger partial charge in [0.2, 0.25) is 0 Å². The Labute approximate surface area is 332 Å². The van der Waals surface area contributed by atoms with Crippen molar-refractivity contribution in [2.45, 2.75) is 88.7 Å². The molecule has 4 aromatic carbocycles. The molecule has 2 aliphatic carbocycles. The summed E-state index contributed by atoms with van der Waals surface area (Å²) in [7, 11) is 0. The predicted octanol–water partition coefficient (Wildman–Crippen LogP) is 7.87. The number of fused-ring (bicyclic) bond motifs is 2. The van der Waals surface area contributed by atoms with E-state index < -0.39 is 41.4 Å². The summed E-state index contributed by atoms with van der Waals surface area (Å²) in [5, 5.41) is 35.5. The van der Waals surface area contributed by atoms with Gasteiger partial charge in [-0.05, 0) is 85.3 Å². The Bertz CT molecular complexity index is 2510. The number of aliphatic hydroxyl groups is 2. The fraction of sp³-hybridized carbons (Fsp3) is 0.311. The SMILES string of the molecule is N#Cc1cccc(Cn2cc(C(=O)N[C@H]3CCCC[C@@H]3O)c3c(F)cccc32)c1.O=C(N[C@H]1CCCC[C@@H]1O)c1cn(Cc2ccc(F)c(F)c2)c2cccc(F)c12. The highest BCUT2D eigenvalue weighted by molar-refractivity contribution is 6.08. The number of nitrogens with zero attached hydrogens (tertiary/aromatic N) is 3. The van der Waals surface area contributed by atoms with Gasteiger partial charge in [-0.3, -0.25) is 9.59 Å². The van der Waals surface area contributed by atoms with Gasteiger partial charge in [0, 0.05) is 36.3 Å². The molecule has 0 bridgehead atoms. The van der Waals surface area contributed by atoms with Crippen molar-refractivity contribution >= 4 is 33.6 Å². The lowest BCUT2D eigenvalue weighted by atomic mass is 9.92. The van der Waals surface area contributed by atoms with Crippen LogP contribution in [0.3, 0.4) is 0 Å². The van der Waals surface area contributed by atoms with Crippen LogP contribution in [0.5, 0.6) is 0 Å². The quantitative estimate of drug-likeness (QED) is 0.117. The summed E-state index contributed by atoms with van der Waals surface area (Å²) in [6.07, 6.45) is 8.37. The van der Waals surface area contributed by atoms with Crippen LogP contribution in [0.25, 0.3) is 21.8 Å². The summed E-state index contributed by atoms with van der Waals surface area (Å²) < 4.78 is 59.4. The second-order valence-electron chi connectivity index (χ2n) is 15.0. The standard InChI is InChI=1S/C23H22FN3O2.C22H21F3N2O2/c24-18-7-4-9-20-22(18)17(23(29)26-19-8-1-2-10-21(19)28)14-27(20)13-16-6-3-5-15(11-16)12-25;23-15-9-8-13(10-17(15)25)11-27-12-14(21-16(24)4-3-6-19(21)27)22(29)26-18-5-1-2-7-20(18)28/h3-7,9,11,14,19,21,28H,1-2,8,10,13H2,(H,26,29);3-4,6,8-10,12,18,20,28H,1-2,5,7,11H2,(H,26,29)/t19-,21-;18-,20-/m00/s1. The molecule has 0 radical (unpaired) electrons. The minimum absolute atomic E-state index is 0.149. The molecule has 2 aromatic heterocycles. The van der Waals surface area contributed by atoms with Crippen molar-refractivity contribution in [1.82, 2.24) is 19.8 Å². The third kappa shape index (κ3) is 8.78. The summed E-state index contributed by atoms with van der Waals surface area (Å²) in [6.45, 7) is 0.561. The molecule has 6 aromatic rings. The number of carbonyl (C=O) groups is 2. The Hall–Kier alpha value is -5.97. The average Bonchev–Trinajstić information content (AvgIpc) is 3.78. The van der Waals surface area contributed by atoms with Gasteiger partial charge in [-0.1, -0.05) is 56.0 Å². The molecule has 9 nitrogen and oxygen atoms in total. The molecule has 0 spiro atoms. The second-order valence-corrected chi connectivity index (χ2v) is 15.0. The van der Waals surface area contributed by atoms with E-state index in [1.165, 1.54) is 30.5 Å².